The van der Waals surface area contributed by atoms with Gasteiger partial charge in [-0.05, 0) is 18.2 Å². The van der Waals surface area contributed by atoms with Crippen LogP contribution in [0.3, 0.4) is 0 Å². The molecule has 0 aliphatic carbocycles. The predicted molar refractivity (Wildman–Crippen MR) is 57.4 cm³/mol. The molecule has 0 aliphatic heterocycles. The zero-order chi connectivity index (χ0) is 10.1. The van der Waals surface area contributed by atoms with Gasteiger partial charge in [0, 0.05) is 10.4 Å². The molecule has 0 saturated carbocycles. The van der Waals surface area contributed by atoms with E-state index in [0.29, 0.717) is 16.0 Å². The smallest absolute Gasteiger partial charge is 0.144 e. The van der Waals surface area contributed by atoms with Crippen molar-refractivity contribution in [3.05, 3.63) is 34.2 Å². The third kappa shape index (κ3) is 1.66. The molecule has 1 aromatic heterocycles. The van der Waals surface area contributed by atoms with Crippen molar-refractivity contribution >= 4 is 34.1 Å². The van der Waals surface area contributed by atoms with Crippen molar-refractivity contribution in [2.45, 2.75) is 6.54 Å². The maximum atomic E-state index is 5.95. The summed E-state index contributed by atoms with van der Waals surface area (Å²) in [5.41, 5.74) is 6.19. The van der Waals surface area contributed by atoms with E-state index in [1.54, 1.807) is 18.2 Å². The number of aromatic nitrogens is 2. The van der Waals surface area contributed by atoms with Crippen LogP contribution >= 0.6 is 23.2 Å². The summed E-state index contributed by atoms with van der Waals surface area (Å²) in [6.45, 7) is 0.276. The number of hydrogen-bond acceptors (Lipinski definition) is 3. The molecular weight excluding hydrogens is 221 g/mol. The lowest BCUT2D eigenvalue weighted by Crippen LogP contribution is -2.03. The molecule has 0 fully saturated rings. The quantitative estimate of drug-likeness (QED) is 0.762. The maximum Gasteiger partial charge on any atom is 0.144 e. The van der Waals surface area contributed by atoms with E-state index in [1.807, 2.05) is 0 Å². The van der Waals surface area contributed by atoms with E-state index < -0.39 is 0 Å². The van der Waals surface area contributed by atoms with Crippen molar-refractivity contribution in [1.29, 1.82) is 0 Å². The van der Waals surface area contributed by atoms with Crippen LogP contribution in [0.2, 0.25) is 10.2 Å². The summed E-state index contributed by atoms with van der Waals surface area (Å²) in [6, 6.07) is 5.29. The zero-order valence-electron chi connectivity index (χ0n) is 7.17. The first-order valence-corrected chi connectivity index (χ1v) is 4.78. The van der Waals surface area contributed by atoms with Gasteiger partial charge >= 0.3 is 0 Å². The van der Waals surface area contributed by atoms with E-state index in [0.717, 1.165) is 10.9 Å². The van der Waals surface area contributed by atoms with Crippen LogP contribution in [0.15, 0.2) is 18.2 Å². The summed E-state index contributed by atoms with van der Waals surface area (Å²) in [5, 5.41) is 1.75. The fourth-order valence-electron chi connectivity index (χ4n) is 1.20. The van der Waals surface area contributed by atoms with Crippen LogP contribution in [-0.4, -0.2) is 9.97 Å². The number of fused-ring (bicyclic) bond motifs is 1. The van der Waals surface area contributed by atoms with Gasteiger partial charge in [0.1, 0.15) is 11.0 Å². The molecule has 0 saturated heterocycles. The zero-order valence-corrected chi connectivity index (χ0v) is 8.68. The van der Waals surface area contributed by atoms with Gasteiger partial charge in [0.25, 0.3) is 0 Å². The van der Waals surface area contributed by atoms with Gasteiger partial charge in [0.05, 0.1) is 12.1 Å². The Hall–Kier alpha value is -0.900. The fourth-order valence-corrected chi connectivity index (χ4v) is 1.62. The van der Waals surface area contributed by atoms with E-state index in [2.05, 4.69) is 9.97 Å². The molecule has 0 amide bonds. The van der Waals surface area contributed by atoms with Crippen LogP contribution in [0.4, 0.5) is 0 Å². The average molecular weight is 228 g/mol. The first-order valence-electron chi connectivity index (χ1n) is 4.02. The highest BCUT2D eigenvalue weighted by molar-refractivity contribution is 6.35. The first-order chi connectivity index (χ1) is 6.70. The molecule has 5 heteroatoms. The Kier molecular flexibility index (Phi) is 2.54. The molecule has 3 nitrogen and oxygen atoms in total. The molecule has 2 N–H and O–H groups in total. The lowest BCUT2D eigenvalue weighted by Gasteiger charge is -2.02. The van der Waals surface area contributed by atoms with Crippen LogP contribution in [-0.2, 0) is 6.54 Å². The summed E-state index contributed by atoms with van der Waals surface area (Å²) < 4.78 is 0. The van der Waals surface area contributed by atoms with Crippen molar-refractivity contribution in [1.82, 2.24) is 9.97 Å². The number of hydrogen-bond donors (Lipinski definition) is 1. The number of halogens is 2. The third-order valence-electron chi connectivity index (χ3n) is 1.84. The fraction of sp³-hybridized carbons (Fsp3) is 0.111. The third-order valence-corrected chi connectivity index (χ3v) is 2.36. The Morgan fingerprint density at radius 1 is 1.21 bits per heavy atom. The van der Waals surface area contributed by atoms with Crippen molar-refractivity contribution in [3.63, 3.8) is 0 Å². The predicted octanol–water partition coefficient (Wildman–Crippen LogP) is 2.40. The van der Waals surface area contributed by atoms with Crippen molar-refractivity contribution in [2.24, 2.45) is 5.73 Å². The number of nitrogens with two attached hydrogens (primary N) is 1. The van der Waals surface area contributed by atoms with Crippen LogP contribution in [0.1, 0.15) is 5.82 Å². The minimum atomic E-state index is 0.276. The van der Waals surface area contributed by atoms with E-state index in [1.165, 1.54) is 0 Å². The lowest BCUT2D eigenvalue weighted by atomic mass is 10.2. The highest BCUT2D eigenvalue weighted by Gasteiger charge is 2.04. The monoisotopic (exact) mass is 227 g/mol. The molecule has 0 bridgehead atoms. The Morgan fingerprint density at radius 2 is 2.00 bits per heavy atom. The standard InChI is InChI=1S/C9H7Cl2N3/c10-5-1-2-7-6(3-5)9(11)14-8(4-12)13-7/h1-3H,4,12H2. The van der Waals surface area contributed by atoms with Crippen LogP contribution in [0, 0.1) is 0 Å². The summed E-state index contributed by atoms with van der Waals surface area (Å²) in [7, 11) is 0. The molecular formula is C9H7Cl2N3. The molecule has 0 atom stereocenters. The van der Waals surface area contributed by atoms with Crippen molar-refractivity contribution in [2.75, 3.05) is 0 Å². The Morgan fingerprint density at radius 3 is 2.71 bits per heavy atom. The second kappa shape index (κ2) is 3.69. The SMILES string of the molecule is NCc1nc(Cl)c2cc(Cl)ccc2n1. The Balaban J connectivity index is 2.76. The molecule has 1 heterocycles. The maximum absolute atomic E-state index is 5.95. The highest BCUT2D eigenvalue weighted by Crippen LogP contribution is 2.23. The minimum absolute atomic E-state index is 0.276. The van der Waals surface area contributed by atoms with Gasteiger partial charge in [-0.3, -0.25) is 0 Å². The van der Waals surface area contributed by atoms with Crippen LogP contribution < -0.4 is 5.73 Å². The van der Waals surface area contributed by atoms with Gasteiger partial charge < -0.3 is 5.73 Å². The van der Waals surface area contributed by atoms with E-state index in [4.69, 9.17) is 28.9 Å². The van der Waals surface area contributed by atoms with Gasteiger partial charge in [-0.2, -0.15) is 0 Å². The normalized spacial score (nSPS) is 10.8. The summed E-state index contributed by atoms with van der Waals surface area (Å²) in [4.78, 5) is 8.25. The van der Waals surface area contributed by atoms with E-state index >= 15 is 0 Å². The molecule has 1 aromatic carbocycles. The number of nitrogens with zero attached hydrogens (tertiary/aromatic N) is 2. The molecule has 2 rings (SSSR count). The largest absolute Gasteiger partial charge is 0.324 e. The summed E-state index contributed by atoms with van der Waals surface area (Å²) >= 11 is 11.8. The lowest BCUT2D eigenvalue weighted by molar-refractivity contribution is 0.927. The molecule has 0 aliphatic rings. The second-order valence-corrected chi connectivity index (χ2v) is 3.59. The average Bonchev–Trinajstić information content (AvgIpc) is 2.19. The van der Waals surface area contributed by atoms with Gasteiger partial charge in [0.2, 0.25) is 0 Å². The second-order valence-electron chi connectivity index (χ2n) is 2.80. The van der Waals surface area contributed by atoms with E-state index in [9.17, 15) is 0 Å². The van der Waals surface area contributed by atoms with Crippen molar-refractivity contribution < 1.29 is 0 Å². The van der Waals surface area contributed by atoms with Crippen LogP contribution in [0.5, 0.6) is 0 Å². The van der Waals surface area contributed by atoms with E-state index in [-0.39, 0.29) is 6.54 Å². The first kappa shape index (κ1) is 9.65. The molecule has 0 unspecified atom stereocenters. The topological polar surface area (TPSA) is 51.8 Å². The van der Waals surface area contributed by atoms with Gasteiger partial charge in [0.15, 0.2) is 0 Å². The van der Waals surface area contributed by atoms with Crippen LogP contribution in [0.25, 0.3) is 10.9 Å². The summed E-state index contributed by atoms with van der Waals surface area (Å²) in [6.07, 6.45) is 0. The molecule has 2 aromatic rings. The molecule has 0 radical (unpaired) electrons. The Labute approximate surface area is 90.9 Å². The minimum Gasteiger partial charge on any atom is -0.324 e. The molecule has 72 valence electrons. The molecule has 14 heavy (non-hydrogen) atoms. The van der Waals surface area contributed by atoms with Gasteiger partial charge in [-0.1, -0.05) is 23.2 Å². The van der Waals surface area contributed by atoms with Gasteiger partial charge in [-0.15, -0.1) is 0 Å². The van der Waals surface area contributed by atoms with Crippen molar-refractivity contribution in [3.8, 4) is 0 Å². The molecule has 0 spiro atoms. The highest BCUT2D eigenvalue weighted by atomic mass is 35.5. The number of rotatable bonds is 1. The Bertz CT molecular complexity index is 485. The number of benzene rings is 1. The van der Waals surface area contributed by atoms with Gasteiger partial charge in [-0.25, -0.2) is 9.97 Å². The summed E-state index contributed by atoms with van der Waals surface area (Å²) in [5.74, 6) is 0.532.